The first-order valence-corrected chi connectivity index (χ1v) is 4.44. The summed E-state index contributed by atoms with van der Waals surface area (Å²) in [7, 11) is 3.18. The number of thiophene rings is 1. The fourth-order valence-electron chi connectivity index (χ4n) is 0.846. The molecule has 4 nitrogen and oxygen atoms in total. The molecule has 0 spiro atoms. The number of carbonyl (C=O) groups is 2. The van der Waals surface area contributed by atoms with Crippen molar-refractivity contribution in [3.63, 3.8) is 0 Å². The summed E-state index contributed by atoms with van der Waals surface area (Å²) in [5, 5.41) is 10.3. The Morgan fingerprint density at radius 1 is 1.46 bits per heavy atom. The maximum atomic E-state index is 11.4. The van der Waals surface area contributed by atoms with Crippen molar-refractivity contribution in [2.24, 2.45) is 0 Å². The van der Waals surface area contributed by atoms with Crippen LogP contribution >= 0.6 is 11.3 Å². The molecule has 0 aliphatic heterocycles. The number of carboxylic acid groups (broad SMARTS) is 1. The molecule has 1 aromatic rings. The van der Waals surface area contributed by atoms with Gasteiger partial charge in [0, 0.05) is 14.1 Å². The molecule has 0 aromatic carbocycles. The molecule has 0 saturated carbocycles. The van der Waals surface area contributed by atoms with Crippen molar-refractivity contribution in [2.75, 3.05) is 14.1 Å². The minimum Gasteiger partial charge on any atom is -0.478 e. The van der Waals surface area contributed by atoms with E-state index >= 15 is 0 Å². The molecule has 5 heteroatoms. The van der Waals surface area contributed by atoms with E-state index in [1.807, 2.05) is 0 Å². The van der Waals surface area contributed by atoms with E-state index in [1.54, 1.807) is 19.5 Å². The summed E-state index contributed by atoms with van der Waals surface area (Å²) in [4.78, 5) is 23.7. The van der Waals surface area contributed by atoms with Gasteiger partial charge in [-0.2, -0.15) is 0 Å². The van der Waals surface area contributed by atoms with Crippen molar-refractivity contribution < 1.29 is 14.7 Å². The minimum absolute atomic E-state index is 0.0729. The van der Waals surface area contributed by atoms with Gasteiger partial charge in [-0.05, 0) is 11.4 Å². The lowest BCUT2D eigenvalue weighted by atomic mass is 10.2. The SMILES string of the molecule is CN(C)C(=O)c1sccc1C(=O)O. The van der Waals surface area contributed by atoms with Crippen molar-refractivity contribution in [3.05, 3.63) is 21.9 Å². The maximum Gasteiger partial charge on any atom is 0.337 e. The highest BCUT2D eigenvalue weighted by atomic mass is 32.1. The molecule has 0 aliphatic carbocycles. The Hall–Kier alpha value is -1.36. The van der Waals surface area contributed by atoms with E-state index in [-0.39, 0.29) is 16.3 Å². The third kappa shape index (κ3) is 1.86. The molecule has 0 radical (unpaired) electrons. The number of carboxylic acids is 1. The molecule has 13 heavy (non-hydrogen) atoms. The fraction of sp³-hybridized carbons (Fsp3) is 0.250. The average molecular weight is 199 g/mol. The predicted octanol–water partition coefficient (Wildman–Crippen LogP) is 1.15. The quantitative estimate of drug-likeness (QED) is 0.777. The monoisotopic (exact) mass is 199 g/mol. The Kier molecular flexibility index (Phi) is 2.67. The van der Waals surface area contributed by atoms with Crippen LogP contribution in [0.2, 0.25) is 0 Å². The van der Waals surface area contributed by atoms with Crippen molar-refractivity contribution in [1.82, 2.24) is 4.90 Å². The molecule has 1 heterocycles. The summed E-state index contributed by atoms with van der Waals surface area (Å²) in [5.74, 6) is -1.33. The van der Waals surface area contributed by atoms with Crippen LogP contribution in [0.15, 0.2) is 11.4 Å². The van der Waals surface area contributed by atoms with E-state index in [0.717, 1.165) is 11.3 Å². The standard InChI is InChI=1S/C8H9NO3S/c1-9(2)7(10)6-5(8(11)12)3-4-13-6/h3-4H,1-2H3,(H,11,12). The van der Waals surface area contributed by atoms with E-state index in [4.69, 9.17) is 5.11 Å². The zero-order valence-electron chi connectivity index (χ0n) is 7.27. The number of carbonyl (C=O) groups excluding carboxylic acids is 1. The largest absolute Gasteiger partial charge is 0.478 e. The van der Waals surface area contributed by atoms with Gasteiger partial charge >= 0.3 is 5.97 Å². The molecule has 1 aromatic heterocycles. The third-order valence-corrected chi connectivity index (χ3v) is 2.40. The topological polar surface area (TPSA) is 57.6 Å². The third-order valence-electron chi connectivity index (χ3n) is 1.50. The second-order valence-electron chi connectivity index (χ2n) is 2.67. The Labute approximate surface area is 79.4 Å². The van der Waals surface area contributed by atoms with Crippen LogP contribution in [0.3, 0.4) is 0 Å². The van der Waals surface area contributed by atoms with E-state index < -0.39 is 5.97 Å². The lowest BCUT2D eigenvalue weighted by Crippen LogP contribution is -2.22. The van der Waals surface area contributed by atoms with Crippen LogP contribution in [0, 0.1) is 0 Å². The van der Waals surface area contributed by atoms with Crippen LogP contribution in [-0.2, 0) is 0 Å². The summed E-state index contributed by atoms with van der Waals surface area (Å²) in [6.45, 7) is 0. The van der Waals surface area contributed by atoms with Gasteiger partial charge in [0.1, 0.15) is 4.88 Å². The Bertz CT molecular complexity index is 343. The van der Waals surface area contributed by atoms with Crippen LogP contribution in [0.1, 0.15) is 20.0 Å². The lowest BCUT2D eigenvalue weighted by molar-refractivity contribution is 0.0687. The van der Waals surface area contributed by atoms with Crippen LogP contribution in [0.5, 0.6) is 0 Å². The van der Waals surface area contributed by atoms with Crippen LogP contribution in [-0.4, -0.2) is 36.0 Å². The highest BCUT2D eigenvalue weighted by Gasteiger charge is 2.18. The zero-order valence-corrected chi connectivity index (χ0v) is 8.09. The van der Waals surface area contributed by atoms with Gasteiger partial charge in [-0.15, -0.1) is 11.3 Å². The van der Waals surface area contributed by atoms with Crippen LogP contribution in [0.25, 0.3) is 0 Å². The predicted molar refractivity (Wildman–Crippen MR) is 49.3 cm³/mol. The Balaban J connectivity index is 3.08. The van der Waals surface area contributed by atoms with Crippen molar-refractivity contribution in [1.29, 1.82) is 0 Å². The van der Waals surface area contributed by atoms with E-state index in [9.17, 15) is 9.59 Å². The molecular weight excluding hydrogens is 190 g/mol. The molecule has 0 atom stereocenters. The van der Waals surface area contributed by atoms with Gasteiger partial charge in [0.2, 0.25) is 0 Å². The Morgan fingerprint density at radius 3 is 2.54 bits per heavy atom. The molecule has 1 rings (SSSR count). The number of amides is 1. The first kappa shape index (κ1) is 9.73. The molecule has 1 N–H and O–H groups in total. The highest BCUT2D eigenvalue weighted by molar-refractivity contribution is 7.12. The van der Waals surface area contributed by atoms with Crippen molar-refractivity contribution >= 4 is 23.2 Å². The van der Waals surface area contributed by atoms with E-state index in [0.29, 0.717) is 0 Å². The first-order chi connectivity index (χ1) is 6.04. The maximum absolute atomic E-state index is 11.4. The van der Waals surface area contributed by atoms with Gasteiger partial charge in [-0.25, -0.2) is 4.79 Å². The average Bonchev–Trinajstić information content (AvgIpc) is 2.50. The Morgan fingerprint density at radius 2 is 2.08 bits per heavy atom. The van der Waals surface area contributed by atoms with E-state index in [2.05, 4.69) is 0 Å². The molecule has 0 fully saturated rings. The molecular formula is C8H9NO3S. The molecule has 0 bridgehead atoms. The number of aromatic carboxylic acids is 1. The summed E-state index contributed by atoms with van der Waals surface area (Å²) in [6, 6.07) is 1.43. The normalized spacial score (nSPS) is 9.69. The molecule has 1 amide bonds. The number of nitrogens with zero attached hydrogens (tertiary/aromatic N) is 1. The van der Waals surface area contributed by atoms with Gasteiger partial charge in [-0.1, -0.05) is 0 Å². The fourth-order valence-corrected chi connectivity index (χ4v) is 1.75. The van der Waals surface area contributed by atoms with Crippen molar-refractivity contribution in [2.45, 2.75) is 0 Å². The number of hydrogen-bond acceptors (Lipinski definition) is 3. The second kappa shape index (κ2) is 3.57. The van der Waals surface area contributed by atoms with Gasteiger partial charge in [0.05, 0.1) is 5.56 Å². The molecule has 0 saturated heterocycles. The van der Waals surface area contributed by atoms with E-state index in [1.165, 1.54) is 11.0 Å². The summed E-state index contributed by atoms with van der Waals surface area (Å²) >= 11 is 1.14. The van der Waals surface area contributed by atoms with Gasteiger partial charge < -0.3 is 10.0 Å². The van der Waals surface area contributed by atoms with Gasteiger partial charge in [-0.3, -0.25) is 4.79 Å². The zero-order chi connectivity index (χ0) is 10.0. The molecule has 0 aliphatic rings. The van der Waals surface area contributed by atoms with Crippen LogP contribution in [0.4, 0.5) is 0 Å². The highest BCUT2D eigenvalue weighted by Crippen LogP contribution is 2.17. The minimum atomic E-state index is -1.06. The first-order valence-electron chi connectivity index (χ1n) is 3.56. The van der Waals surface area contributed by atoms with Crippen molar-refractivity contribution in [3.8, 4) is 0 Å². The summed E-state index contributed by atoms with van der Waals surface area (Å²) in [6.07, 6.45) is 0. The number of hydrogen-bond donors (Lipinski definition) is 1. The molecule has 0 unspecified atom stereocenters. The molecule has 70 valence electrons. The van der Waals surface area contributed by atoms with Gasteiger partial charge in [0.15, 0.2) is 0 Å². The number of rotatable bonds is 2. The second-order valence-corrected chi connectivity index (χ2v) is 3.58. The summed E-state index contributed by atoms with van der Waals surface area (Å²) < 4.78 is 0. The smallest absolute Gasteiger partial charge is 0.337 e. The van der Waals surface area contributed by atoms with Crippen LogP contribution < -0.4 is 0 Å². The lowest BCUT2D eigenvalue weighted by Gasteiger charge is -2.08. The van der Waals surface area contributed by atoms with Gasteiger partial charge in [0.25, 0.3) is 5.91 Å². The summed E-state index contributed by atoms with van der Waals surface area (Å²) in [5.41, 5.74) is 0.0729.